The number of benzene rings is 4. The summed E-state index contributed by atoms with van der Waals surface area (Å²) < 4.78 is 17.6. The number of hydrogen-bond donors (Lipinski definition) is 0. The molecule has 0 aromatic heterocycles. The molecule has 0 aliphatic carbocycles. The van der Waals surface area contributed by atoms with Gasteiger partial charge in [-0.25, -0.2) is 4.79 Å². The van der Waals surface area contributed by atoms with Crippen LogP contribution in [-0.2, 0) is 0 Å². The maximum absolute atomic E-state index is 12.5. The number of carbonyl (C=O) groups is 1. The third-order valence-corrected chi connectivity index (χ3v) is 6.66. The first kappa shape index (κ1) is 25.3. The van der Waals surface area contributed by atoms with E-state index in [0.717, 1.165) is 40.2 Å². The number of nitrogens with zero attached hydrogens (tertiary/aromatic N) is 1. The van der Waals surface area contributed by atoms with Crippen molar-refractivity contribution in [1.82, 2.24) is 4.90 Å². The molecule has 0 fully saturated rings. The normalized spacial score (nSPS) is 14.7. The van der Waals surface area contributed by atoms with E-state index in [-0.39, 0.29) is 12.2 Å². The second-order valence-corrected chi connectivity index (χ2v) is 9.43. The van der Waals surface area contributed by atoms with Gasteiger partial charge in [0.15, 0.2) is 0 Å². The molecular formula is C33H31NO4. The molecule has 4 aromatic carbocycles. The molecule has 1 aliphatic rings. The van der Waals surface area contributed by atoms with Crippen LogP contribution in [0.25, 0.3) is 11.1 Å². The lowest BCUT2D eigenvalue weighted by molar-refractivity contribution is 0.0734. The van der Waals surface area contributed by atoms with Crippen molar-refractivity contribution in [2.45, 2.75) is 19.6 Å². The smallest absolute Gasteiger partial charge is 0.343 e. The lowest BCUT2D eigenvalue weighted by Gasteiger charge is -2.24. The van der Waals surface area contributed by atoms with E-state index in [2.05, 4.69) is 18.2 Å². The van der Waals surface area contributed by atoms with Crippen molar-refractivity contribution < 1.29 is 19.0 Å². The van der Waals surface area contributed by atoms with E-state index in [9.17, 15) is 4.79 Å². The third-order valence-electron chi connectivity index (χ3n) is 6.66. The van der Waals surface area contributed by atoms with Gasteiger partial charge in [-0.1, -0.05) is 60.7 Å². The fourth-order valence-corrected chi connectivity index (χ4v) is 4.45. The average molecular weight is 506 g/mol. The topological polar surface area (TPSA) is 48.0 Å². The van der Waals surface area contributed by atoms with Crippen molar-refractivity contribution in [3.63, 3.8) is 0 Å². The number of esters is 1. The molecule has 1 heterocycles. The molecule has 1 atom stereocenters. The van der Waals surface area contributed by atoms with Crippen LogP contribution in [0.5, 0.6) is 17.2 Å². The molecule has 4 aromatic rings. The summed E-state index contributed by atoms with van der Waals surface area (Å²) >= 11 is 0. The number of fused-ring (bicyclic) bond motifs is 1. The lowest BCUT2D eigenvalue weighted by atomic mass is 9.87. The summed E-state index contributed by atoms with van der Waals surface area (Å²) in [7, 11) is 3.98. The van der Waals surface area contributed by atoms with Gasteiger partial charge in [0.2, 0.25) is 0 Å². The molecule has 5 nitrogen and oxygen atoms in total. The van der Waals surface area contributed by atoms with Crippen molar-refractivity contribution in [3.8, 4) is 17.2 Å². The first-order valence-corrected chi connectivity index (χ1v) is 12.8. The monoisotopic (exact) mass is 505 g/mol. The Morgan fingerprint density at radius 2 is 1.37 bits per heavy atom. The molecule has 0 spiro atoms. The van der Waals surface area contributed by atoms with Crippen molar-refractivity contribution >= 4 is 17.1 Å². The standard InChI is InChI=1S/C33H31NO4/c1-23(34(2)3)37-27-17-13-24(14-18-27)32(30-21-22-36-31-12-8-7-11-29(30)31)25-15-19-28(20-16-25)38-33(35)26-9-5-4-6-10-26/h4-20,23H,21-22H2,1-3H3/b32-30+. The Morgan fingerprint density at radius 1 is 0.763 bits per heavy atom. The number of hydrogen-bond acceptors (Lipinski definition) is 5. The molecule has 5 rings (SSSR count). The fraction of sp³-hybridized carbons (Fsp3) is 0.182. The highest BCUT2D eigenvalue weighted by atomic mass is 16.5. The number of carbonyl (C=O) groups excluding carboxylic acids is 1. The molecule has 38 heavy (non-hydrogen) atoms. The molecule has 192 valence electrons. The van der Waals surface area contributed by atoms with E-state index in [0.29, 0.717) is 17.9 Å². The van der Waals surface area contributed by atoms with Crippen molar-refractivity contribution in [2.75, 3.05) is 20.7 Å². The number of ether oxygens (including phenoxy) is 3. The van der Waals surface area contributed by atoms with Gasteiger partial charge in [-0.15, -0.1) is 0 Å². The van der Waals surface area contributed by atoms with Crippen LogP contribution in [0, 0.1) is 0 Å². The molecule has 0 amide bonds. The highest BCUT2D eigenvalue weighted by molar-refractivity contribution is 6.00. The molecule has 0 bridgehead atoms. The van der Waals surface area contributed by atoms with Gasteiger partial charge < -0.3 is 14.2 Å². The Morgan fingerprint density at radius 3 is 2.03 bits per heavy atom. The van der Waals surface area contributed by atoms with E-state index < -0.39 is 0 Å². The van der Waals surface area contributed by atoms with Crippen molar-refractivity contribution in [1.29, 1.82) is 0 Å². The summed E-state index contributed by atoms with van der Waals surface area (Å²) in [6.07, 6.45) is 0.750. The molecule has 5 heteroatoms. The average Bonchev–Trinajstić information content (AvgIpc) is 2.95. The van der Waals surface area contributed by atoms with Gasteiger partial charge in [-0.3, -0.25) is 4.90 Å². The van der Waals surface area contributed by atoms with E-state index in [1.807, 2.05) is 98.7 Å². The lowest BCUT2D eigenvalue weighted by Crippen LogP contribution is -2.30. The molecule has 1 unspecified atom stereocenters. The molecule has 0 N–H and O–H groups in total. The SMILES string of the molecule is CC(Oc1ccc(/C(=C2/CCOc3ccccc32)c2ccc(OC(=O)c3ccccc3)cc2)cc1)N(C)C. The second kappa shape index (κ2) is 11.4. The van der Waals surface area contributed by atoms with Gasteiger partial charge in [0.05, 0.1) is 12.2 Å². The summed E-state index contributed by atoms with van der Waals surface area (Å²) in [6, 6.07) is 33.1. The second-order valence-electron chi connectivity index (χ2n) is 9.43. The number of rotatable bonds is 7. The zero-order valence-corrected chi connectivity index (χ0v) is 21.9. The first-order valence-electron chi connectivity index (χ1n) is 12.8. The Balaban J connectivity index is 1.51. The summed E-state index contributed by atoms with van der Waals surface area (Å²) in [4.78, 5) is 14.5. The van der Waals surface area contributed by atoms with E-state index in [1.165, 1.54) is 5.57 Å². The predicted molar refractivity (Wildman–Crippen MR) is 151 cm³/mol. The molecule has 0 saturated heterocycles. The summed E-state index contributed by atoms with van der Waals surface area (Å²) in [5, 5.41) is 0. The third kappa shape index (κ3) is 5.63. The molecule has 0 radical (unpaired) electrons. The van der Waals surface area contributed by atoms with Gasteiger partial charge in [0.25, 0.3) is 0 Å². The number of para-hydroxylation sites is 1. The van der Waals surface area contributed by atoms with Crippen LogP contribution >= 0.6 is 0 Å². The Bertz CT molecular complexity index is 1420. The first-order chi connectivity index (χ1) is 18.5. The van der Waals surface area contributed by atoms with Crippen LogP contribution in [0.2, 0.25) is 0 Å². The maximum Gasteiger partial charge on any atom is 0.343 e. The quantitative estimate of drug-likeness (QED) is 0.155. The maximum atomic E-state index is 12.5. The van der Waals surface area contributed by atoms with Gasteiger partial charge in [-0.05, 0) is 85.8 Å². The van der Waals surface area contributed by atoms with Gasteiger partial charge >= 0.3 is 5.97 Å². The van der Waals surface area contributed by atoms with Gasteiger partial charge in [-0.2, -0.15) is 0 Å². The highest BCUT2D eigenvalue weighted by Crippen LogP contribution is 2.41. The fourth-order valence-electron chi connectivity index (χ4n) is 4.45. The van der Waals surface area contributed by atoms with E-state index in [1.54, 1.807) is 12.1 Å². The zero-order valence-electron chi connectivity index (χ0n) is 21.9. The minimum atomic E-state index is -0.377. The molecule has 1 aliphatic heterocycles. The Labute approximate surface area is 223 Å². The summed E-state index contributed by atoms with van der Waals surface area (Å²) in [5.74, 6) is 1.83. The van der Waals surface area contributed by atoms with E-state index in [4.69, 9.17) is 14.2 Å². The van der Waals surface area contributed by atoms with Crippen LogP contribution < -0.4 is 14.2 Å². The summed E-state index contributed by atoms with van der Waals surface area (Å²) in [6.45, 7) is 2.64. The van der Waals surface area contributed by atoms with Gasteiger partial charge in [0, 0.05) is 12.0 Å². The van der Waals surface area contributed by atoms with E-state index >= 15 is 0 Å². The molecular weight excluding hydrogens is 474 g/mol. The predicted octanol–water partition coefficient (Wildman–Crippen LogP) is 6.93. The van der Waals surface area contributed by atoms with Crippen molar-refractivity contribution in [2.24, 2.45) is 0 Å². The molecule has 0 saturated carbocycles. The van der Waals surface area contributed by atoms with Crippen LogP contribution in [0.4, 0.5) is 0 Å². The van der Waals surface area contributed by atoms with Crippen LogP contribution in [0.1, 0.15) is 40.4 Å². The Hall–Kier alpha value is -4.35. The van der Waals surface area contributed by atoms with Crippen molar-refractivity contribution in [3.05, 3.63) is 125 Å². The van der Waals surface area contributed by atoms with Crippen LogP contribution in [-0.4, -0.2) is 37.8 Å². The zero-order chi connectivity index (χ0) is 26.5. The Kier molecular flexibility index (Phi) is 7.57. The highest BCUT2D eigenvalue weighted by Gasteiger charge is 2.21. The van der Waals surface area contributed by atoms with Gasteiger partial charge in [0.1, 0.15) is 23.5 Å². The largest absolute Gasteiger partial charge is 0.493 e. The van der Waals surface area contributed by atoms with Crippen LogP contribution in [0.3, 0.4) is 0 Å². The minimum absolute atomic E-state index is 0.0350. The van der Waals surface area contributed by atoms with Crippen LogP contribution in [0.15, 0.2) is 103 Å². The summed E-state index contributed by atoms with van der Waals surface area (Å²) in [5.41, 5.74) is 6.06. The minimum Gasteiger partial charge on any atom is -0.493 e.